The van der Waals surface area contributed by atoms with E-state index in [1.54, 1.807) is 0 Å². The van der Waals surface area contributed by atoms with Crippen LogP contribution in [-0.4, -0.2) is 176 Å². The standard InChI is InChI=1S/C2H2O4.Fe.3K.3H/c3-1(4)2(5)6;;;;;;;/h(H,3,4)(H,5,6);;;;;;;. The van der Waals surface area contributed by atoms with Gasteiger partial charge >= 0.3 is 166 Å². The summed E-state index contributed by atoms with van der Waals surface area (Å²) >= 11 is 0. The van der Waals surface area contributed by atoms with Gasteiger partial charge in [0.15, 0.2) is 0 Å². The first-order chi connectivity index (χ1) is 2.64. The van der Waals surface area contributed by atoms with Gasteiger partial charge in [-0.05, 0) is 0 Å². The number of carboxylic acid groups (broad SMARTS) is 2. The molecule has 0 aromatic carbocycles. The van der Waals surface area contributed by atoms with Gasteiger partial charge in [-0.1, -0.05) is 0 Å². The topological polar surface area (TPSA) is 74.6 Å². The number of rotatable bonds is 0. The molecule has 0 aliphatic heterocycles. The Morgan fingerprint density at radius 1 is 0.800 bits per heavy atom. The second-order valence-electron chi connectivity index (χ2n) is 0.610. The second kappa shape index (κ2) is 19.0. The number of hydrogen-bond donors (Lipinski definition) is 2. The van der Waals surface area contributed by atoms with Crippen LogP contribution in [0, 0.1) is 0 Å². The first-order valence-corrected chi connectivity index (χ1v) is 1.11. The van der Waals surface area contributed by atoms with Gasteiger partial charge in [0.2, 0.25) is 0 Å². The zero-order chi connectivity index (χ0) is 5.15. The quantitative estimate of drug-likeness (QED) is 0.367. The van der Waals surface area contributed by atoms with E-state index in [1.165, 1.54) is 0 Å². The summed E-state index contributed by atoms with van der Waals surface area (Å²) in [5, 5.41) is 14.8. The Kier molecular flexibility index (Phi) is 55.7. The van der Waals surface area contributed by atoms with Crippen LogP contribution >= 0.6 is 0 Å². The van der Waals surface area contributed by atoms with Gasteiger partial charge in [-0.2, -0.15) is 0 Å². The average molecular weight is 266 g/mol. The van der Waals surface area contributed by atoms with Crippen LogP contribution in [-0.2, 0) is 26.7 Å². The van der Waals surface area contributed by atoms with Gasteiger partial charge in [0.1, 0.15) is 0 Å². The summed E-state index contributed by atoms with van der Waals surface area (Å²) in [6, 6.07) is 0. The molecule has 2 N–H and O–H groups in total. The monoisotopic (exact) mass is 266 g/mol. The van der Waals surface area contributed by atoms with Crippen LogP contribution in [0.3, 0.4) is 0 Å². The molecule has 48 valence electrons. The van der Waals surface area contributed by atoms with E-state index in [4.69, 9.17) is 19.8 Å². The first-order valence-electron chi connectivity index (χ1n) is 1.11. The third-order valence-corrected chi connectivity index (χ3v) is 0.183. The molecule has 0 aromatic rings. The molecular formula is C2H5FeK3O4. The summed E-state index contributed by atoms with van der Waals surface area (Å²) in [6.07, 6.45) is 0. The van der Waals surface area contributed by atoms with Crippen molar-refractivity contribution in [3.63, 3.8) is 0 Å². The molecule has 4 nitrogen and oxygen atoms in total. The summed E-state index contributed by atoms with van der Waals surface area (Å²) in [6.45, 7) is 0. The molecule has 0 rings (SSSR count). The van der Waals surface area contributed by atoms with E-state index in [9.17, 15) is 0 Å². The van der Waals surface area contributed by atoms with Crippen molar-refractivity contribution in [2.24, 2.45) is 0 Å². The van der Waals surface area contributed by atoms with Crippen molar-refractivity contribution < 1.29 is 36.9 Å². The SMILES string of the molecule is O=C(O)C(=O)O.[Fe].[KH].[KH].[KH]. The zero-order valence-corrected chi connectivity index (χ0v) is 4.17. The van der Waals surface area contributed by atoms with Gasteiger partial charge in [0, 0.05) is 17.1 Å². The first kappa shape index (κ1) is 29.3. The molecule has 10 heavy (non-hydrogen) atoms. The summed E-state index contributed by atoms with van der Waals surface area (Å²) in [4.78, 5) is 18.2. The van der Waals surface area contributed by atoms with E-state index < -0.39 is 11.9 Å². The predicted molar refractivity (Wildman–Crippen MR) is 36.7 cm³/mol. The van der Waals surface area contributed by atoms with Crippen LogP contribution in [0.4, 0.5) is 0 Å². The van der Waals surface area contributed by atoms with Crippen LogP contribution in [0.2, 0.25) is 0 Å². The van der Waals surface area contributed by atoms with Gasteiger partial charge < -0.3 is 10.2 Å². The van der Waals surface area contributed by atoms with Crippen molar-refractivity contribution in [2.75, 3.05) is 0 Å². The summed E-state index contributed by atoms with van der Waals surface area (Å²) < 4.78 is 0. The van der Waals surface area contributed by atoms with E-state index in [2.05, 4.69) is 0 Å². The molecule has 0 heterocycles. The van der Waals surface area contributed by atoms with Crippen LogP contribution in [0.5, 0.6) is 0 Å². The van der Waals surface area contributed by atoms with Crippen molar-refractivity contribution in [2.45, 2.75) is 0 Å². The molecule has 0 aliphatic carbocycles. The molecule has 0 aromatic heterocycles. The molecule has 0 atom stereocenters. The van der Waals surface area contributed by atoms with Crippen molar-refractivity contribution in [1.82, 2.24) is 0 Å². The Balaban J connectivity index is -0.0000000208. The van der Waals surface area contributed by atoms with E-state index in [1.807, 2.05) is 0 Å². The van der Waals surface area contributed by atoms with E-state index in [0.717, 1.165) is 0 Å². The van der Waals surface area contributed by atoms with Gasteiger partial charge in [0.05, 0.1) is 0 Å². The van der Waals surface area contributed by atoms with Crippen LogP contribution in [0.15, 0.2) is 0 Å². The molecule has 0 amide bonds. The fraction of sp³-hybridized carbons (Fsp3) is 0. The minimum absolute atomic E-state index is 0. The van der Waals surface area contributed by atoms with Gasteiger partial charge in [-0.25, -0.2) is 9.59 Å². The average Bonchev–Trinajstić information content (AvgIpc) is 1.36. The minimum atomic E-state index is -1.82. The van der Waals surface area contributed by atoms with Crippen molar-refractivity contribution >= 4 is 166 Å². The van der Waals surface area contributed by atoms with E-state index >= 15 is 0 Å². The van der Waals surface area contributed by atoms with Crippen LogP contribution in [0.25, 0.3) is 0 Å². The van der Waals surface area contributed by atoms with Gasteiger partial charge in [-0.3, -0.25) is 0 Å². The molecule has 0 unspecified atom stereocenters. The van der Waals surface area contributed by atoms with Crippen molar-refractivity contribution in [3.8, 4) is 0 Å². The third kappa shape index (κ3) is 22.8. The Hall–Kier alpha value is 4.37. The van der Waals surface area contributed by atoms with E-state index in [-0.39, 0.29) is 171 Å². The summed E-state index contributed by atoms with van der Waals surface area (Å²) in [5.74, 6) is -3.65. The summed E-state index contributed by atoms with van der Waals surface area (Å²) in [5.41, 5.74) is 0. The van der Waals surface area contributed by atoms with Gasteiger partial charge in [-0.15, -0.1) is 0 Å². The van der Waals surface area contributed by atoms with E-state index in [0.29, 0.717) is 0 Å². The van der Waals surface area contributed by atoms with Gasteiger partial charge in [0.25, 0.3) is 0 Å². The Labute approximate surface area is 196 Å². The summed E-state index contributed by atoms with van der Waals surface area (Å²) in [7, 11) is 0. The third-order valence-electron chi connectivity index (χ3n) is 0.183. The fourth-order valence-corrected chi connectivity index (χ4v) is 0. The second-order valence-corrected chi connectivity index (χ2v) is 0.610. The number of carboxylic acids is 2. The van der Waals surface area contributed by atoms with Crippen molar-refractivity contribution in [1.29, 1.82) is 0 Å². The van der Waals surface area contributed by atoms with Crippen LogP contribution < -0.4 is 0 Å². The zero-order valence-electron chi connectivity index (χ0n) is 3.06. The Morgan fingerprint density at radius 2 is 0.900 bits per heavy atom. The number of aliphatic carboxylic acids is 2. The Morgan fingerprint density at radius 3 is 0.900 bits per heavy atom. The van der Waals surface area contributed by atoms with Crippen LogP contribution in [0.1, 0.15) is 0 Å². The molecule has 0 bridgehead atoms. The molecule has 0 aliphatic rings. The number of carbonyl (C=O) groups is 2. The number of hydrogen-bond acceptors (Lipinski definition) is 2. The predicted octanol–water partition coefficient (Wildman–Crippen LogP) is -2.79. The molecule has 0 radical (unpaired) electrons. The molecular weight excluding hydrogens is 261 g/mol. The molecule has 0 spiro atoms. The molecule has 0 saturated heterocycles. The molecule has 0 fully saturated rings. The fourth-order valence-electron chi connectivity index (χ4n) is 0. The maximum atomic E-state index is 9.10. The molecule has 8 heteroatoms. The molecule has 0 saturated carbocycles. The Bertz CT molecular complexity index is 84.5. The maximum absolute atomic E-state index is 9.10. The van der Waals surface area contributed by atoms with Crippen molar-refractivity contribution in [3.05, 3.63) is 0 Å². The normalized spacial score (nSPS) is 4.40.